The van der Waals surface area contributed by atoms with Crippen LogP contribution in [-0.4, -0.2) is 39.6 Å². The Morgan fingerprint density at radius 2 is 2.06 bits per heavy atom. The fourth-order valence-corrected chi connectivity index (χ4v) is 6.75. The lowest BCUT2D eigenvalue weighted by molar-refractivity contribution is 0.420. The molecular weight excluding hydrogens is 522 g/mol. The van der Waals surface area contributed by atoms with Gasteiger partial charge in [0.05, 0.1) is 21.7 Å². The van der Waals surface area contributed by atoms with Crippen molar-refractivity contribution in [3.63, 3.8) is 0 Å². The summed E-state index contributed by atoms with van der Waals surface area (Å²) in [5.74, 6) is 0.184. The number of aromatic nitrogens is 2. The highest BCUT2D eigenvalue weighted by Gasteiger charge is 2.28. The van der Waals surface area contributed by atoms with Gasteiger partial charge in [-0.1, -0.05) is 31.7 Å². The number of hydrogen-bond acceptors (Lipinski definition) is 8. The predicted molar refractivity (Wildman–Crippen MR) is 142 cm³/mol. The molecule has 3 heterocycles. The summed E-state index contributed by atoms with van der Waals surface area (Å²) in [6.07, 6.45) is 6.50. The number of aromatic hydroxyl groups is 1. The van der Waals surface area contributed by atoms with Gasteiger partial charge in [-0.15, -0.1) is 11.3 Å². The number of rotatable bonds is 7. The van der Waals surface area contributed by atoms with Crippen LogP contribution in [0.2, 0.25) is 0 Å². The molecular formula is C23H25N5O5S3. The zero-order valence-corrected chi connectivity index (χ0v) is 21.9. The molecule has 2 aromatic heterocycles. The quantitative estimate of drug-likeness (QED) is 0.411. The monoisotopic (exact) mass is 547 g/mol. The molecule has 3 aromatic rings. The smallest absolute Gasteiger partial charge is 0.281 e. The Morgan fingerprint density at radius 3 is 2.75 bits per heavy atom. The number of fused-ring (bicyclic) bond motifs is 1. The van der Waals surface area contributed by atoms with E-state index in [4.69, 9.17) is 0 Å². The van der Waals surface area contributed by atoms with Crippen molar-refractivity contribution in [3.8, 4) is 16.3 Å². The van der Waals surface area contributed by atoms with Crippen LogP contribution >= 0.6 is 11.3 Å². The molecule has 1 saturated carbocycles. The van der Waals surface area contributed by atoms with Crippen LogP contribution in [0.25, 0.3) is 10.6 Å². The Hall–Kier alpha value is -3.03. The molecule has 0 amide bonds. The van der Waals surface area contributed by atoms with Crippen molar-refractivity contribution in [2.24, 2.45) is 10.3 Å². The summed E-state index contributed by atoms with van der Waals surface area (Å²) >= 11 is 1.38. The van der Waals surface area contributed by atoms with Crippen molar-refractivity contribution >= 4 is 49.6 Å². The fourth-order valence-electron chi connectivity index (χ4n) is 4.55. The first-order valence-electron chi connectivity index (χ1n) is 11.5. The van der Waals surface area contributed by atoms with E-state index in [1.54, 1.807) is 6.07 Å². The number of amidine groups is 1. The van der Waals surface area contributed by atoms with E-state index in [9.17, 15) is 22.5 Å². The zero-order valence-electron chi connectivity index (χ0n) is 19.4. The number of aryl methyl sites for hydroxylation is 1. The van der Waals surface area contributed by atoms with Gasteiger partial charge in [-0.25, -0.2) is 17.3 Å². The minimum atomic E-state index is -3.52. The van der Waals surface area contributed by atoms with Crippen molar-refractivity contribution < 1.29 is 17.7 Å². The van der Waals surface area contributed by atoms with Crippen molar-refractivity contribution in [1.29, 1.82) is 0 Å². The number of sulfonamides is 1. The molecule has 1 aromatic carbocycles. The van der Waals surface area contributed by atoms with Gasteiger partial charge in [0.2, 0.25) is 10.0 Å². The maximum Gasteiger partial charge on any atom is 0.281 e. The van der Waals surface area contributed by atoms with Crippen molar-refractivity contribution in [1.82, 2.24) is 9.78 Å². The van der Waals surface area contributed by atoms with Crippen LogP contribution in [0, 0.1) is 5.92 Å². The number of anilines is 2. The summed E-state index contributed by atoms with van der Waals surface area (Å²) in [6, 6.07) is 8.12. The van der Waals surface area contributed by atoms with E-state index in [-0.39, 0.29) is 33.4 Å². The SMILES string of the molecule is CS(=O)(=O)Nc1ccc2c(c1)S(=O)N=C(c1c(O)c(-c3cccs3)nn(CCC3CCCC3)c1=O)N2. The average Bonchev–Trinajstić information content (AvgIpc) is 3.53. The van der Waals surface area contributed by atoms with Gasteiger partial charge in [0, 0.05) is 12.2 Å². The first-order valence-corrected chi connectivity index (χ1v) is 15.3. The molecule has 0 bridgehead atoms. The van der Waals surface area contributed by atoms with Crippen molar-refractivity contribution in [2.75, 3.05) is 16.3 Å². The molecule has 0 saturated heterocycles. The lowest BCUT2D eigenvalue weighted by Crippen LogP contribution is -2.34. The molecule has 1 aliphatic heterocycles. The minimum absolute atomic E-state index is 0.0259. The number of nitrogens with one attached hydrogen (secondary N) is 2. The van der Waals surface area contributed by atoms with Crippen molar-refractivity contribution in [3.05, 3.63) is 51.6 Å². The maximum atomic E-state index is 13.5. The second kappa shape index (κ2) is 9.79. The molecule has 0 radical (unpaired) electrons. The standard InChI is InChI=1S/C23H25N5O5S3/c1-36(32,33)27-15-8-9-16-18(13-15)35(31)26-22(24-16)19-21(29)20(17-7-4-12-34-17)25-28(23(19)30)11-10-14-5-2-3-6-14/h4,7-9,12-14,27,29H,2-3,5-6,10-11H2,1H3,(H,24,26). The number of benzene rings is 1. The van der Waals surface area contributed by atoms with Gasteiger partial charge in [0.1, 0.15) is 11.3 Å². The molecule has 1 atom stereocenters. The first kappa shape index (κ1) is 24.7. The van der Waals surface area contributed by atoms with Crippen LogP contribution in [-0.2, 0) is 27.6 Å². The molecule has 1 unspecified atom stereocenters. The second-order valence-electron chi connectivity index (χ2n) is 8.92. The van der Waals surface area contributed by atoms with Crippen LogP contribution < -0.4 is 15.6 Å². The van der Waals surface area contributed by atoms with E-state index >= 15 is 0 Å². The van der Waals surface area contributed by atoms with Gasteiger partial charge in [-0.05, 0) is 42.0 Å². The third kappa shape index (κ3) is 5.08. The third-order valence-corrected chi connectivity index (χ3v) is 8.79. The van der Waals surface area contributed by atoms with Gasteiger partial charge in [0.15, 0.2) is 22.6 Å². The average molecular weight is 548 g/mol. The topological polar surface area (TPSA) is 143 Å². The van der Waals surface area contributed by atoms with Crippen LogP contribution in [0.15, 0.2) is 49.8 Å². The summed E-state index contributed by atoms with van der Waals surface area (Å²) in [5, 5.41) is 20.5. The predicted octanol–water partition coefficient (Wildman–Crippen LogP) is 3.52. The van der Waals surface area contributed by atoms with Crippen LogP contribution in [0.1, 0.15) is 37.7 Å². The summed E-state index contributed by atoms with van der Waals surface area (Å²) in [5.41, 5.74) is 0.277. The highest BCUT2D eigenvalue weighted by Crippen LogP contribution is 2.35. The number of hydrogen-bond donors (Lipinski definition) is 3. The molecule has 5 rings (SSSR count). The molecule has 10 nitrogen and oxygen atoms in total. The Labute approximate surface area is 214 Å². The van der Waals surface area contributed by atoms with Gasteiger partial charge in [-0.3, -0.25) is 9.52 Å². The molecule has 36 heavy (non-hydrogen) atoms. The summed E-state index contributed by atoms with van der Waals surface area (Å²) in [7, 11) is -5.46. The minimum Gasteiger partial charge on any atom is -0.505 e. The molecule has 2 aliphatic rings. The maximum absolute atomic E-state index is 13.5. The van der Waals surface area contributed by atoms with Crippen LogP contribution in [0.5, 0.6) is 5.75 Å². The molecule has 13 heteroatoms. The Kier molecular flexibility index (Phi) is 6.70. The lowest BCUT2D eigenvalue weighted by atomic mass is 10.0. The van der Waals surface area contributed by atoms with Crippen LogP contribution in [0.4, 0.5) is 11.4 Å². The third-order valence-electron chi connectivity index (χ3n) is 6.25. The summed E-state index contributed by atoms with van der Waals surface area (Å²) < 4.78 is 44.0. The molecule has 0 spiro atoms. The lowest BCUT2D eigenvalue weighted by Gasteiger charge is -2.20. The van der Waals surface area contributed by atoms with E-state index < -0.39 is 26.6 Å². The fraction of sp³-hybridized carbons (Fsp3) is 0.348. The number of nitrogens with zero attached hydrogens (tertiary/aromatic N) is 3. The van der Waals surface area contributed by atoms with E-state index in [0.717, 1.165) is 25.5 Å². The molecule has 1 fully saturated rings. The van der Waals surface area contributed by atoms with E-state index in [0.29, 0.717) is 23.0 Å². The molecule has 3 N–H and O–H groups in total. The zero-order chi connectivity index (χ0) is 25.4. The van der Waals surface area contributed by atoms with Gasteiger partial charge in [0.25, 0.3) is 5.56 Å². The van der Waals surface area contributed by atoms with E-state index in [2.05, 4.69) is 19.5 Å². The highest BCUT2D eigenvalue weighted by molar-refractivity contribution is 7.92. The Balaban J connectivity index is 1.55. The van der Waals surface area contributed by atoms with E-state index in [1.165, 1.54) is 41.0 Å². The summed E-state index contributed by atoms with van der Waals surface area (Å²) in [6.45, 7) is 0.405. The Bertz CT molecular complexity index is 1520. The number of thiophene rings is 1. The summed E-state index contributed by atoms with van der Waals surface area (Å²) in [4.78, 5) is 14.4. The Morgan fingerprint density at radius 1 is 1.28 bits per heavy atom. The highest BCUT2D eigenvalue weighted by atomic mass is 32.2. The second-order valence-corrected chi connectivity index (χ2v) is 12.7. The molecule has 1 aliphatic carbocycles. The van der Waals surface area contributed by atoms with Gasteiger partial charge >= 0.3 is 0 Å². The van der Waals surface area contributed by atoms with Crippen LogP contribution in [0.3, 0.4) is 0 Å². The van der Waals surface area contributed by atoms with Gasteiger partial charge in [-0.2, -0.15) is 9.50 Å². The first-order chi connectivity index (χ1) is 17.2. The van der Waals surface area contributed by atoms with Gasteiger partial charge < -0.3 is 10.4 Å². The molecule has 190 valence electrons. The van der Waals surface area contributed by atoms with Crippen molar-refractivity contribution in [2.45, 2.75) is 43.5 Å². The largest absolute Gasteiger partial charge is 0.505 e. The van der Waals surface area contributed by atoms with E-state index in [1.807, 2.05) is 17.5 Å². The normalized spacial score (nSPS) is 17.9.